The molecule has 0 aliphatic heterocycles. The Balaban J connectivity index is 2.00. The number of nitrogens with zero attached hydrogens (tertiary/aromatic N) is 3. The summed E-state index contributed by atoms with van der Waals surface area (Å²) in [6.45, 7) is 6.05. The summed E-state index contributed by atoms with van der Waals surface area (Å²) in [6.07, 6.45) is 0. The zero-order valence-electron chi connectivity index (χ0n) is 15.6. The molecule has 0 unspecified atom stereocenters. The number of halogens is 2. The predicted octanol–water partition coefficient (Wildman–Crippen LogP) is 5.09. The third-order valence-electron chi connectivity index (χ3n) is 4.14. The molecule has 5 nitrogen and oxygen atoms in total. The zero-order chi connectivity index (χ0) is 20.5. The Morgan fingerprint density at radius 3 is 2.43 bits per heavy atom. The van der Waals surface area contributed by atoms with E-state index in [1.165, 1.54) is 12.1 Å². The number of rotatable bonds is 3. The van der Waals surface area contributed by atoms with Crippen LogP contribution >= 0.6 is 11.6 Å². The fourth-order valence-corrected chi connectivity index (χ4v) is 2.72. The van der Waals surface area contributed by atoms with Crippen molar-refractivity contribution in [3.05, 3.63) is 76.2 Å². The minimum Gasteiger partial charge on any atom is -0.306 e. The predicted molar refractivity (Wildman–Crippen MR) is 106 cm³/mol. The topological polar surface area (TPSA) is 70.7 Å². The number of nitriles is 1. The lowest BCUT2D eigenvalue weighted by molar-refractivity contribution is 0.102. The van der Waals surface area contributed by atoms with Gasteiger partial charge in [0.15, 0.2) is 0 Å². The average Bonchev–Trinajstić information content (AvgIpc) is 3.08. The average molecular weight is 397 g/mol. The maximum absolute atomic E-state index is 13.4. The van der Waals surface area contributed by atoms with E-state index in [2.05, 4.69) is 16.5 Å². The summed E-state index contributed by atoms with van der Waals surface area (Å²) in [7, 11) is 0. The number of anilines is 1. The van der Waals surface area contributed by atoms with Crippen LogP contribution in [0.4, 0.5) is 10.2 Å². The van der Waals surface area contributed by atoms with Gasteiger partial charge in [-0.05, 0) is 42.5 Å². The van der Waals surface area contributed by atoms with Crippen molar-refractivity contribution in [3.63, 3.8) is 0 Å². The number of hydrogen-bond donors (Lipinski definition) is 1. The second-order valence-corrected chi connectivity index (χ2v) is 7.73. The van der Waals surface area contributed by atoms with Gasteiger partial charge in [-0.2, -0.15) is 10.4 Å². The second-order valence-electron chi connectivity index (χ2n) is 7.32. The van der Waals surface area contributed by atoms with Crippen LogP contribution in [0.3, 0.4) is 0 Å². The molecule has 3 aromatic rings. The van der Waals surface area contributed by atoms with E-state index in [0.717, 1.165) is 11.8 Å². The monoisotopic (exact) mass is 396 g/mol. The largest absolute Gasteiger partial charge is 0.306 e. The fraction of sp³-hybridized carbons (Fsp3) is 0.190. The lowest BCUT2D eigenvalue weighted by Gasteiger charge is -2.14. The van der Waals surface area contributed by atoms with Crippen molar-refractivity contribution in [2.45, 2.75) is 26.2 Å². The standard InChI is InChI=1S/C21H18ClFN4O/c1-21(2,3)18-11-19(25-20(28)14-6-9-17(23)16(22)10-14)27(26-18)15-7-4-13(12-24)5-8-15/h4-11H,1-3H3,(H,25,28). The van der Waals surface area contributed by atoms with Gasteiger partial charge in [-0.1, -0.05) is 32.4 Å². The quantitative estimate of drug-likeness (QED) is 0.670. The summed E-state index contributed by atoms with van der Waals surface area (Å²) in [5, 5.41) is 16.3. The van der Waals surface area contributed by atoms with Crippen LogP contribution in [0, 0.1) is 17.1 Å². The zero-order valence-corrected chi connectivity index (χ0v) is 16.4. The molecule has 1 heterocycles. The van der Waals surface area contributed by atoms with Crippen LogP contribution in [0.25, 0.3) is 5.69 Å². The van der Waals surface area contributed by atoms with E-state index in [-0.39, 0.29) is 16.0 Å². The van der Waals surface area contributed by atoms with Gasteiger partial charge < -0.3 is 5.32 Å². The van der Waals surface area contributed by atoms with Crippen molar-refractivity contribution < 1.29 is 9.18 Å². The first-order chi connectivity index (χ1) is 13.2. The van der Waals surface area contributed by atoms with Crippen molar-refractivity contribution in [1.82, 2.24) is 9.78 Å². The summed E-state index contributed by atoms with van der Waals surface area (Å²) in [5.74, 6) is -0.562. The van der Waals surface area contributed by atoms with Gasteiger partial charge in [0.25, 0.3) is 5.91 Å². The number of benzene rings is 2. The third-order valence-corrected chi connectivity index (χ3v) is 4.43. The molecule has 1 aromatic heterocycles. The van der Waals surface area contributed by atoms with Crippen molar-refractivity contribution in [2.75, 3.05) is 5.32 Å². The summed E-state index contributed by atoms with van der Waals surface area (Å²) in [4.78, 5) is 12.6. The van der Waals surface area contributed by atoms with E-state index in [1.807, 2.05) is 20.8 Å². The van der Waals surface area contributed by atoms with Gasteiger partial charge >= 0.3 is 0 Å². The van der Waals surface area contributed by atoms with Crippen molar-refractivity contribution in [1.29, 1.82) is 5.26 Å². The molecule has 0 radical (unpaired) electrons. The highest BCUT2D eigenvalue weighted by Crippen LogP contribution is 2.27. The Morgan fingerprint density at radius 1 is 1.18 bits per heavy atom. The highest BCUT2D eigenvalue weighted by atomic mass is 35.5. The van der Waals surface area contributed by atoms with Crippen molar-refractivity contribution in [2.24, 2.45) is 0 Å². The minimum absolute atomic E-state index is 0.122. The first kappa shape index (κ1) is 19.6. The van der Waals surface area contributed by atoms with Crippen LogP contribution in [0.15, 0.2) is 48.5 Å². The molecule has 2 aromatic carbocycles. The Hall–Kier alpha value is -3.17. The summed E-state index contributed by atoms with van der Waals surface area (Å²) < 4.78 is 15.0. The van der Waals surface area contributed by atoms with Gasteiger partial charge in [-0.3, -0.25) is 4.79 Å². The minimum atomic E-state index is -0.587. The molecule has 3 rings (SSSR count). The van der Waals surface area contributed by atoms with Gasteiger partial charge in [-0.15, -0.1) is 0 Å². The highest BCUT2D eigenvalue weighted by Gasteiger charge is 2.22. The van der Waals surface area contributed by atoms with Gasteiger partial charge in [0.1, 0.15) is 11.6 Å². The molecule has 142 valence electrons. The number of aromatic nitrogens is 2. The van der Waals surface area contributed by atoms with E-state index in [9.17, 15) is 9.18 Å². The Labute approximate surface area is 167 Å². The molecule has 0 bridgehead atoms. The van der Waals surface area contributed by atoms with Crippen molar-refractivity contribution in [3.8, 4) is 11.8 Å². The molecule has 0 saturated heterocycles. The third kappa shape index (κ3) is 4.05. The molecule has 0 fully saturated rings. The first-order valence-corrected chi connectivity index (χ1v) is 8.94. The van der Waals surface area contributed by atoms with Gasteiger partial charge in [0, 0.05) is 17.0 Å². The fourth-order valence-electron chi connectivity index (χ4n) is 2.54. The normalized spacial score (nSPS) is 11.1. The molecule has 1 amide bonds. The van der Waals surface area contributed by atoms with Crippen molar-refractivity contribution >= 4 is 23.3 Å². The Morgan fingerprint density at radius 2 is 1.86 bits per heavy atom. The van der Waals surface area contributed by atoms with E-state index in [0.29, 0.717) is 17.1 Å². The molecule has 0 aliphatic carbocycles. The Bertz CT molecular complexity index is 1080. The maximum atomic E-state index is 13.4. The molecule has 7 heteroatoms. The Kier molecular flexibility index (Phi) is 5.21. The van der Waals surface area contributed by atoms with Crippen LogP contribution in [-0.4, -0.2) is 15.7 Å². The second kappa shape index (κ2) is 7.45. The van der Waals surface area contributed by atoms with E-state index in [4.69, 9.17) is 16.9 Å². The van der Waals surface area contributed by atoms with E-state index in [1.54, 1.807) is 35.0 Å². The summed E-state index contributed by atoms with van der Waals surface area (Å²) >= 11 is 5.78. The van der Waals surface area contributed by atoms with E-state index >= 15 is 0 Å². The van der Waals surface area contributed by atoms with Gasteiger partial charge in [-0.25, -0.2) is 9.07 Å². The van der Waals surface area contributed by atoms with Crippen LogP contribution in [0.5, 0.6) is 0 Å². The number of carbonyl (C=O) groups is 1. The number of amides is 1. The van der Waals surface area contributed by atoms with Crippen LogP contribution < -0.4 is 5.32 Å². The molecule has 0 saturated carbocycles. The summed E-state index contributed by atoms with van der Waals surface area (Å²) in [5.41, 5.74) is 2.00. The molecule has 1 N–H and O–H groups in total. The van der Waals surface area contributed by atoms with Gasteiger partial charge in [0.2, 0.25) is 0 Å². The SMILES string of the molecule is CC(C)(C)c1cc(NC(=O)c2ccc(F)c(Cl)c2)n(-c2ccc(C#N)cc2)n1. The van der Waals surface area contributed by atoms with Gasteiger partial charge in [0.05, 0.1) is 28.0 Å². The lowest BCUT2D eigenvalue weighted by Crippen LogP contribution is -2.15. The smallest absolute Gasteiger partial charge is 0.256 e. The lowest BCUT2D eigenvalue weighted by atomic mass is 9.92. The first-order valence-electron chi connectivity index (χ1n) is 8.56. The van der Waals surface area contributed by atoms with Crippen LogP contribution in [0.2, 0.25) is 5.02 Å². The summed E-state index contributed by atoms with van der Waals surface area (Å²) in [6, 6.07) is 14.5. The molecule has 0 spiro atoms. The number of nitrogens with one attached hydrogen (secondary N) is 1. The molecule has 0 atom stereocenters. The molecule has 0 aliphatic rings. The molecular formula is C21H18ClFN4O. The van der Waals surface area contributed by atoms with Crippen LogP contribution in [-0.2, 0) is 5.41 Å². The maximum Gasteiger partial charge on any atom is 0.256 e. The highest BCUT2D eigenvalue weighted by molar-refractivity contribution is 6.31. The van der Waals surface area contributed by atoms with E-state index < -0.39 is 11.7 Å². The number of hydrogen-bond acceptors (Lipinski definition) is 3. The molecule has 28 heavy (non-hydrogen) atoms. The van der Waals surface area contributed by atoms with Crippen LogP contribution in [0.1, 0.15) is 42.4 Å². The number of carbonyl (C=O) groups excluding carboxylic acids is 1. The molecular weight excluding hydrogens is 379 g/mol.